The first-order chi connectivity index (χ1) is 10.3. The van der Waals surface area contributed by atoms with Gasteiger partial charge in [-0.25, -0.2) is 13.1 Å². The van der Waals surface area contributed by atoms with Crippen LogP contribution >= 0.6 is 0 Å². The fraction of sp³-hybridized carbons (Fsp3) is 0.267. The Balaban J connectivity index is 2.18. The van der Waals surface area contributed by atoms with E-state index in [4.69, 9.17) is 4.74 Å². The quantitative estimate of drug-likeness (QED) is 0.897. The van der Waals surface area contributed by atoms with Gasteiger partial charge in [0.15, 0.2) is 0 Å². The largest absolute Gasteiger partial charge is 0.496 e. The van der Waals surface area contributed by atoms with Gasteiger partial charge < -0.3 is 9.30 Å². The van der Waals surface area contributed by atoms with Crippen molar-refractivity contribution in [2.75, 3.05) is 7.11 Å². The van der Waals surface area contributed by atoms with Crippen LogP contribution in [0.25, 0.3) is 0 Å². The molecule has 2 aromatic rings. The summed E-state index contributed by atoms with van der Waals surface area (Å²) in [7, 11) is -0.468. The predicted molar refractivity (Wildman–Crippen MR) is 83.4 cm³/mol. The van der Waals surface area contributed by atoms with E-state index < -0.39 is 10.0 Å². The van der Waals surface area contributed by atoms with E-state index in [0.717, 1.165) is 5.56 Å². The minimum absolute atomic E-state index is 0.113. The molecule has 0 saturated carbocycles. The number of pyridine rings is 1. The Bertz CT molecular complexity index is 841. The predicted octanol–water partition coefficient (Wildman–Crippen LogP) is 1.18. The van der Waals surface area contributed by atoms with Gasteiger partial charge in [-0.15, -0.1) is 0 Å². The molecule has 1 aromatic heterocycles. The van der Waals surface area contributed by atoms with Crippen LogP contribution in [0.5, 0.6) is 5.75 Å². The van der Waals surface area contributed by atoms with E-state index in [1.165, 1.54) is 23.8 Å². The molecule has 0 aliphatic carbocycles. The fourth-order valence-corrected chi connectivity index (χ4v) is 3.14. The lowest BCUT2D eigenvalue weighted by Gasteiger charge is -2.10. The van der Waals surface area contributed by atoms with E-state index in [1.807, 2.05) is 0 Å². The molecule has 0 atom stereocenters. The Morgan fingerprint density at radius 2 is 1.95 bits per heavy atom. The maximum Gasteiger partial charge on any atom is 0.250 e. The van der Waals surface area contributed by atoms with Crippen LogP contribution < -0.4 is 15.0 Å². The van der Waals surface area contributed by atoms with Crippen LogP contribution in [0, 0.1) is 6.92 Å². The number of nitrogens with zero attached hydrogens (tertiary/aromatic N) is 1. The second-order valence-electron chi connectivity index (χ2n) is 4.94. The molecule has 6 nitrogen and oxygen atoms in total. The van der Waals surface area contributed by atoms with Crippen LogP contribution in [0.15, 0.2) is 46.2 Å². The van der Waals surface area contributed by atoms with Crippen molar-refractivity contribution in [1.29, 1.82) is 0 Å². The van der Waals surface area contributed by atoms with E-state index in [1.54, 1.807) is 38.4 Å². The van der Waals surface area contributed by atoms with Crippen LogP contribution in [0.4, 0.5) is 0 Å². The van der Waals surface area contributed by atoms with Gasteiger partial charge in [0.2, 0.25) is 15.6 Å². The Labute approximate surface area is 129 Å². The molecule has 0 bridgehead atoms. The second-order valence-corrected chi connectivity index (χ2v) is 6.71. The van der Waals surface area contributed by atoms with Crippen molar-refractivity contribution in [3.05, 3.63) is 58.0 Å². The van der Waals surface area contributed by atoms with E-state index in [0.29, 0.717) is 11.3 Å². The third-order valence-corrected chi connectivity index (χ3v) is 4.69. The summed E-state index contributed by atoms with van der Waals surface area (Å²) < 4.78 is 33.6. The van der Waals surface area contributed by atoms with Crippen LogP contribution in [-0.2, 0) is 23.6 Å². The zero-order valence-electron chi connectivity index (χ0n) is 12.7. The average Bonchev–Trinajstić information content (AvgIpc) is 2.48. The first kappa shape index (κ1) is 16.3. The SMILES string of the molecule is COc1ccc(S(=O)(=O)NCc2ccc(=O)n(C)c2)cc1C. The summed E-state index contributed by atoms with van der Waals surface area (Å²) >= 11 is 0. The summed E-state index contributed by atoms with van der Waals surface area (Å²) in [5.41, 5.74) is 1.31. The number of sulfonamides is 1. The van der Waals surface area contributed by atoms with Crippen LogP contribution in [0.1, 0.15) is 11.1 Å². The summed E-state index contributed by atoms with van der Waals surface area (Å²) in [4.78, 5) is 11.5. The Morgan fingerprint density at radius 3 is 2.55 bits per heavy atom. The molecule has 0 saturated heterocycles. The van der Waals surface area contributed by atoms with E-state index >= 15 is 0 Å². The first-order valence-electron chi connectivity index (χ1n) is 6.63. The van der Waals surface area contributed by atoms with Gasteiger partial charge >= 0.3 is 0 Å². The molecule has 1 heterocycles. The minimum atomic E-state index is -3.62. The topological polar surface area (TPSA) is 77.4 Å². The lowest BCUT2D eigenvalue weighted by atomic mass is 10.2. The number of aryl methyl sites for hydroxylation is 2. The smallest absolute Gasteiger partial charge is 0.250 e. The van der Waals surface area contributed by atoms with E-state index in [-0.39, 0.29) is 17.0 Å². The maximum atomic E-state index is 12.3. The van der Waals surface area contributed by atoms with Crippen molar-refractivity contribution in [2.45, 2.75) is 18.4 Å². The van der Waals surface area contributed by atoms with Gasteiger partial charge in [-0.3, -0.25) is 4.79 Å². The van der Waals surface area contributed by atoms with Gasteiger partial charge in [-0.1, -0.05) is 6.07 Å². The summed E-state index contributed by atoms with van der Waals surface area (Å²) in [6, 6.07) is 7.68. The lowest BCUT2D eigenvalue weighted by Crippen LogP contribution is -2.24. The molecule has 0 spiro atoms. The molecule has 0 amide bonds. The number of nitrogens with one attached hydrogen (secondary N) is 1. The molecular weight excluding hydrogens is 304 g/mol. The van der Waals surface area contributed by atoms with Gasteiger partial charge in [0.05, 0.1) is 12.0 Å². The highest BCUT2D eigenvalue weighted by Gasteiger charge is 2.15. The molecule has 0 unspecified atom stereocenters. The molecule has 1 N–H and O–H groups in total. The summed E-state index contributed by atoms with van der Waals surface area (Å²) in [5.74, 6) is 0.636. The number of aromatic nitrogens is 1. The Hall–Kier alpha value is -2.12. The second kappa shape index (κ2) is 6.33. The fourth-order valence-electron chi connectivity index (χ4n) is 2.04. The van der Waals surface area contributed by atoms with Crippen molar-refractivity contribution < 1.29 is 13.2 Å². The molecule has 0 fully saturated rings. The number of rotatable bonds is 5. The number of hydrogen-bond donors (Lipinski definition) is 1. The molecule has 7 heteroatoms. The number of ether oxygens (including phenoxy) is 1. The van der Waals surface area contributed by atoms with Crippen LogP contribution in [0.2, 0.25) is 0 Å². The summed E-state index contributed by atoms with van der Waals surface area (Å²) in [5, 5.41) is 0. The number of methoxy groups -OCH3 is 1. The van der Waals surface area contributed by atoms with Gasteiger partial charge in [-0.2, -0.15) is 0 Å². The van der Waals surface area contributed by atoms with E-state index in [2.05, 4.69) is 4.72 Å². The molecule has 0 aliphatic rings. The van der Waals surface area contributed by atoms with Crippen molar-refractivity contribution in [3.63, 3.8) is 0 Å². The average molecular weight is 322 g/mol. The molecule has 22 heavy (non-hydrogen) atoms. The Kier molecular flexibility index (Phi) is 4.68. The monoisotopic (exact) mass is 322 g/mol. The molecule has 1 aromatic carbocycles. The zero-order valence-corrected chi connectivity index (χ0v) is 13.5. The van der Waals surface area contributed by atoms with E-state index in [9.17, 15) is 13.2 Å². The highest BCUT2D eigenvalue weighted by Crippen LogP contribution is 2.21. The zero-order chi connectivity index (χ0) is 16.3. The third-order valence-electron chi connectivity index (χ3n) is 3.29. The highest BCUT2D eigenvalue weighted by atomic mass is 32.2. The summed E-state index contributed by atoms with van der Waals surface area (Å²) in [6.07, 6.45) is 1.60. The standard InChI is InChI=1S/C15H18N2O4S/c1-11-8-13(5-6-14(11)21-3)22(19,20)16-9-12-4-7-15(18)17(2)10-12/h4-8,10,16H,9H2,1-3H3. The molecular formula is C15H18N2O4S. The summed E-state index contributed by atoms with van der Waals surface area (Å²) in [6.45, 7) is 1.90. The minimum Gasteiger partial charge on any atom is -0.496 e. The van der Waals surface area contributed by atoms with Gasteiger partial charge in [0.1, 0.15) is 5.75 Å². The first-order valence-corrected chi connectivity index (χ1v) is 8.11. The third kappa shape index (κ3) is 3.55. The number of hydrogen-bond acceptors (Lipinski definition) is 4. The maximum absolute atomic E-state index is 12.3. The molecule has 0 aliphatic heterocycles. The molecule has 0 radical (unpaired) electrons. The van der Waals surface area contributed by atoms with Crippen LogP contribution in [0.3, 0.4) is 0 Å². The van der Waals surface area contributed by atoms with Crippen molar-refractivity contribution >= 4 is 10.0 Å². The highest BCUT2D eigenvalue weighted by molar-refractivity contribution is 7.89. The van der Waals surface area contributed by atoms with Gasteiger partial charge in [-0.05, 0) is 36.2 Å². The van der Waals surface area contributed by atoms with Crippen molar-refractivity contribution in [1.82, 2.24) is 9.29 Å². The van der Waals surface area contributed by atoms with Crippen LogP contribution in [-0.4, -0.2) is 20.1 Å². The van der Waals surface area contributed by atoms with Crippen molar-refractivity contribution in [2.24, 2.45) is 7.05 Å². The molecule has 118 valence electrons. The Morgan fingerprint density at radius 1 is 1.23 bits per heavy atom. The molecule has 2 rings (SSSR count). The normalized spacial score (nSPS) is 11.4. The number of benzene rings is 1. The lowest BCUT2D eigenvalue weighted by molar-refractivity contribution is 0.411. The van der Waals surface area contributed by atoms with Gasteiger partial charge in [0, 0.05) is 25.9 Å². The van der Waals surface area contributed by atoms with Gasteiger partial charge in [0.25, 0.3) is 0 Å². The van der Waals surface area contributed by atoms with Crippen molar-refractivity contribution in [3.8, 4) is 5.75 Å².